The molecule has 0 radical (unpaired) electrons. The van der Waals surface area contributed by atoms with Crippen molar-refractivity contribution in [2.75, 3.05) is 22.9 Å². The average molecular weight is 434 g/mol. The maximum absolute atomic E-state index is 12.6. The van der Waals surface area contributed by atoms with Gasteiger partial charge in [0.1, 0.15) is 5.75 Å². The van der Waals surface area contributed by atoms with Gasteiger partial charge in [-0.3, -0.25) is 13.9 Å². The zero-order valence-electron chi connectivity index (χ0n) is 17.7. The number of amides is 2. The Hall–Kier alpha value is -3.07. The van der Waals surface area contributed by atoms with Gasteiger partial charge in [0.2, 0.25) is 10.0 Å². The van der Waals surface area contributed by atoms with Crippen molar-refractivity contribution in [3.63, 3.8) is 0 Å². The van der Waals surface area contributed by atoms with Gasteiger partial charge in [0.05, 0.1) is 23.2 Å². The predicted molar refractivity (Wildman–Crippen MR) is 117 cm³/mol. The number of carbonyl (C=O) groups is 2. The first kappa shape index (κ1) is 23.2. The highest BCUT2D eigenvalue weighted by molar-refractivity contribution is 7.92. The highest BCUT2D eigenvalue weighted by Crippen LogP contribution is 2.22. The van der Waals surface area contributed by atoms with E-state index in [1.54, 1.807) is 55.5 Å². The number of carbonyl (C=O) groups excluding carboxylic acids is 2. The van der Waals surface area contributed by atoms with E-state index in [-0.39, 0.29) is 11.9 Å². The first-order chi connectivity index (χ1) is 14.0. The Morgan fingerprint density at radius 2 is 1.60 bits per heavy atom. The van der Waals surface area contributed by atoms with Gasteiger partial charge in [-0.2, -0.15) is 0 Å². The molecule has 9 heteroatoms. The lowest BCUT2D eigenvalue weighted by molar-refractivity contribution is -0.122. The Kier molecular flexibility index (Phi) is 7.44. The number of anilines is 2. The van der Waals surface area contributed by atoms with E-state index >= 15 is 0 Å². The third-order valence-corrected chi connectivity index (χ3v) is 5.43. The fraction of sp³-hybridized carbons (Fsp3) is 0.333. The zero-order valence-corrected chi connectivity index (χ0v) is 18.5. The van der Waals surface area contributed by atoms with Crippen molar-refractivity contribution in [2.24, 2.45) is 0 Å². The van der Waals surface area contributed by atoms with Crippen molar-refractivity contribution in [2.45, 2.75) is 32.9 Å². The van der Waals surface area contributed by atoms with Gasteiger partial charge in [-0.1, -0.05) is 12.1 Å². The minimum Gasteiger partial charge on any atom is -0.481 e. The predicted octanol–water partition coefficient (Wildman–Crippen LogP) is 2.63. The lowest BCUT2D eigenvalue weighted by atomic mass is 10.1. The normalized spacial score (nSPS) is 12.2. The third kappa shape index (κ3) is 6.21. The van der Waals surface area contributed by atoms with Crippen molar-refractivity contribution in [1.29, 1.82) is 0 Å². The quantitative estimate of drug-likeness (QED) is 0.666. The van der Waals surface area contributed by atoms with E-state index in [0.29, 0.717) is 22.7 Å². The average Bonchev–Trinajstić information content (AvgIpc) is 2.67. The second-order valence-corrected chi connectivity index (χ2v) is 9.16. The summed E-state index contributed by atoms with van der Waals surface area (Å²) in [5, 5.41) is 5.52. The number of para-hydroxylation sites is 1. The van der Waals surface area contributed by atoms with Gasteiger partial charge in [-0.15, -0.1) is 0 Å². The number of benzene rings is 2. The zero-order chi connectivity index (χ0) is 22.5. The second-order valence-electron chi connectivity index (χ2n) is 7.15. The molecule has 0 saturated heterocycles. The van der Waals surface area contributed by atoms with Crippen LogP contribution in [0, 0.1) is 0 Å². The summed E-state index contributed by atoms with van der Waals surface area (Å²) in [5.41, 5.74) is 1.23. The molecule has 0 aromatic heterocycles. The van der Waals surface area contributed by atoms with Crippen LogP contribution in [0.5, 0.6) is 5.75 Å². The Labute approximate surface area is 177 Å². The fourth-order valence-corrected chi connectivity index (χ4v) is 3.05. The minimum absolute atomic E-state index is 0.0340. The minimum atomic E-state index is -3.36. The number of nitrogens with one attached hydrogen (secondary N) is 2. The van der Waals surface area contributed by atoms with Crippen LogP contribution in [0.25, 0.3) is 0 Å². The van der Waals surface area contributed by atoms with Crippen molar-refractivity contribution >= 4 is 33.2 Å². The van der Waals surface area contributed by atoms with Gasteiger partial charge >= 0.3 is 0 Å². The fourth-order valence-electron chi connectivity index (χ4n) is 2.55. The summed E-state index contributed by atoms with van der Waals surface area (Å²) in [6, 6.07) is 13.1. The van der Waals surface area contributed by atoms with Crippen LogP contribution in [0.2, 0.25) is 0 Å². The lowest BCUT2D eigenvalue weighted by Gasteiger charge is -2.19. The molecular weight excluding hydrogens is 406 g/mol. The summed E-state index contributed by atoms with van der Waals surface area (Å²) in [7, 11) is -1.91. The van der Waals surface area contributed by atoms with Crippen molar-refractivity contribution in [1.82, 2.24) is 5.32 Å². The molecule has 1 atom stereocenters. The summed E-state index contributed by atoms with van der Waals surface area (Å²) in [4.78, 5) is 24.9. The van der Waals surface area contributed by atoms with Crippen molar-refractivity contribution < 1.29 is 22.7 Å². The molecule has 0 spiro atoms. The van der Waals surface area contributed by atoms with Crippen molar-refractivity contribution in [3.8, 4) is 5.75 Å². The van der Waals surface area contributed by atoms with Crippen LogP contribution in [0.15, 0.2) is 48.5 Å². The van der Waals surface area contributed by atoms with Gasteiger partial charge in [0.15, 0.2) is 6.10 Å². The van der Waals surface area contributed by atoms with Gasteiger partial charge in [-0.25, -0.2) is 8.42 Å². The Morgan fingerprint density at radius 3 is 2.17 bits per heavy atom. The molecule has 0 aliphatic heterocycles. The van der Waals surface area contributed by atoms with Crippen LogP contribution in [0.4, 0.5) is 11.4 Å². The SMILES string of the molecule is CC(C)NC(=O)c1ccccc1NC(=O)C(C)Oc1ccc(N(C)S(C)(=O)=O)cc1. The molecule has 0 aliphatic rings. The van der Waals surface area contributed by atoms with E-state index in [1.807, 2.05) is 13.8 Å². The van der Waals surface area contributed by atoms with E-state index in [1.165, 1.54) is 7.05 Å². The molecule has 2 amide bonds. The Bertz CT molecular complexity index is 1000. The van der Waals surface area contributed by atoms with E-state index < -0.39 is 22.0 Å². The topological polar surface area (TPSA) is 105 Å². The molecular formula is C21H27N3O5S. The Morgan fingerprint density at radius 1 is 1.00 bits per heavy atom. The summed E-state index contributed by atoms with van der Waals surface area (Å²) < 4.78 is 30.0. The number of ether oxygens (including phenoxy) is 1. The first-order valence-electron chi connectivity index (χ1n) is 9.40. The molecule has 30 heavy (non-hydrogen) atoms. The smallest absolute Gasteiger partial charge is 0.265 e. The molecule has 1 unspecified atom stereocenters. The largest absolute Gasteiger partial charge is 0.481 e. The van der Waals surface area contributed by atoms with E-state index in [4.69, 9.17) is 4.74 Å². The summed E-state index contributed by atoms with van der Waals surface area (Å²) in [6.07, 6.45) is 0.271. The second kappa shape index (κ2) is 9.62. The van der Waals surface area contributed by atoms with Gasteiger partial charge in [-0.05, 0) is 57.2 Å². The molecule has 2 aromatic carbocycles. The summed E-state index contributed by atoms with van der Waals surface area (Å²) in [6.45, 7) is 5.30. The van der Waals surface area contributed by atoms with E-state index in [0.717, 1.165) is 10.6 Å². The van der Waals surface area contributed by atoms with Crippen LogP contribution in [-0.4, -0.2) is 45.7 Å². The Balaban J connectivity index is 2.06. The summed E-state index contributed by atoms with van der Waals surface area (Å²) >= 11 is 0. The van der Waals surface area contributed by atoms with E-state index in [9.17, 15) is 18.0 Å². The molecule has 2 rings (SSSR count). The molecule has 0 aliphatic carbocycles. The molecule has 0 bridgehead atoms. The number of nitrogens with zero attached hydrogens (tertiary/aromatic N) is 1. The highest BCUT2D eigenvalue weighted by atomic mass is 32.2. The maximum Gasteiger partial charge on any atom is 0.265 e. The van der Waals surface area contributed by atoms with Crippen LogP contribution in [0.1, 0.15) is 31.1 Å². The molecule has 2 aromatic rings. The number of sulfonamides is 1. The number of hydrogen-bond acceptors (Lipinski definition) is 5. The van der Waals surface area contributed by atoms with Gasteiger partial charge in [0.25, 0.3) is 11.8 Å². The molecule has 162 valence electrons. The maximum atomic E-state index is 12.6. The van der Waals surface area contributed by atoms with Crippen LogP contribution in [-0.2, 0) is 14.8 Å². The van der Waals surface area contributed by atoms with Crippen LogP contribution >= 0.6 is 0 Å². The standard InChI is InChI=1S/C21H27N3O5S/c1-14(2)22-21(26)18-8-6-7-9-19(18)23-20(25)15(3)29-17-12-10-16(11-13-17)24(4)30(5,27)28/h6-15H,1-5H3,(H,22,26)(H,23,25). The molecule has 0 saturated carbocycles. The van der Waals surface area contributed by atoms with Crippen molar-refractivity contribution in [3.05, 3.63) is 54.1 Å². The lowest BCUT2D eigenvalue weighted by Crippen LogP contribution is -2.33. The molecule has 0 heterocycles. The third-order valence-electron chi connectivity index (χ3n) is 4.23. The number of rotatable bonds is 8. The van der Waals surface area contributed by atoms with E-state index in [2.05, 4.69) is 10.6 Å². The highest BCUT2D eigenvalue weighted by Gasteiger charge is 2.19. The monoisotopic (exact) mass is 433 g/mol. The summed E-state index contributed by atoms with van der Waals surface area (Å²) in [5.74, 6) is -0.286. The molecule has 8 nitrogen and oxygen atoms in total. The van der Waals surface area contributed by atoms with Gasteiger partial charge in [0, 0.05) is 13.1 Å². The van der Waals surface area contributed by atoms with Crippen LogP contribution in [0.3, 0.4) is 0 Å². The van der Waals surface area contributed by atoms with Crippen LogP contribution < -0.4 is 19.7 Å². The van der Waals surface area contributed by atoms with Gasteiger partial charge < -0.3 is 15.4 Å². The molecule has 2 N–H and O–H groups in total. The first-order valence-corrected chi connectivity index (χ1v) is 11.2. The number of hydrogen-bond donors (Lipinski definition) is 2. The molecule has 0 fully saturated rings.